The molecule has 2 atom stereocenters. The molecule has 3 heterocycles. The smallest absolute Gasteiger partial charge is 0.219 e. The van der Waals surface area contributed by atoms with E-state index in [0.717, 1.165) is 24.2 Å². The molecule has 1 aliphatic heterocycles. The van der Waals surface area contributed by atoms with Gasteiger partial charge in [-0.2, -0.15) is 0 Å². The highest BCUT2D eigenvalue weighted by Crippen LogP contribution is 2.33. The summed E-state index contributed by atoms with van der Waals surface area (Å²) in [4.78, 5) is 27.6. The molecule has 1 N–H and O–H groups in total. The first-order valence-corrected chi connectivity index (χ1v) is 10.1. The molecule has 0 bridgehead atoms. The molecule has 2 aromatic heterocycles. The van der Waals surface area contributed by atoms with Gasteiger partial charge in [0.25, 0.3) is 0 Å². The van der Waals surface area contributed by atoms with E-state index in [2.05, 4.69) is 17.2 Å². The highest BCUT2D eigenvalue weighted by atomic mass is 19.1. The third-order valence-electron chi connectivity index (χ3n) is 5.53. The predicted octanol–water partition coefficient (Wildman–Crippen LogP) is 4.39. The summed E-state index contributed by atoms with van der Waals surface area (Å²) in [7, 11) is 0. The van der Waals surface area contributed by atoms with E-state index in [9.17, 15) is 9.18 Å². The van der Waals surface area contributed by atoms with Crippen molar-refractivity contribution in [3.63, 3.8) is 0 Å². The minimum atomic E-state index is -0.320. The maximum absolute atomic E-state index is 13.6. The SMILES string of the molecule is CC(=O)N1CCC(C)C(c2nc(Nc3cccc(F)c3)cc(-c3cccnc3)n2)C1. The summed E-state index contributed by atoms with van der Waals surface area (Å²) in [5.74, 6) is 1.36. The number of aromatic nitrogens is 3. The number of anilines is 2. The first kappa shape index (κ1) is 19.9. The summed E-state index contributed by atoms with van der Waals surface area (Å²) in [5.41, 5.74) is 2.22. The molecule has 0 saturated carbocycles. The molecule has 30 heavy (non-hydrogen) atoms. The van der Waals surface area contributed by atoms with Crippen molar-refractivity contribution in [2.75, 3.05) is 18.4 Å². The van der Waals surface area contributed by atoms with Crippen LogP contribution in [0.5, 0.6) is 0 Å². The Balaban J connectivity index is 1.74. The van der Waals surface area contributed by atoms with Gasteiger partial charge in [-0.25, -0.2) is 14.4 Å². The summed E-state index contributed by atoms with van der Waals surface area (Å²) in [5, 5.41) is 3.19. The third kappa shape index (κ3) is 4.45. The molecule has 0 spiro atoms. The Kier molecular flexibility index (Phi) is 5.70. The average Bonchev–Trinajstić information content (AvgIpc) is 2.74. The van der Waals surface area contributed by atoms with Crippen molar-refractivity contribution < 1.29 is 9.18 Å². The van der Waals surface area contributed by atoms with Crippen LogP contribution < -0.4 is 5.32 Å². The van der Waals surface area contributed by atoms with Crippen LogP contribution in [-0.4, -0.2) is 38.8 Å². The first-order valence-electron chi connectivity index (χ1n) is 10.1. The number of hydrogen-bond donors (Lipinski definition) is 1. The number of pyridine rings is 1. The van der Waals surface area contributed by atoms with Gasteiger partial charge in [0.15, 0.2) is 0 Å². The minimum Gasteiger partial charge on any atom is -0.342 e. The van der Waals surface area contributed by atoms with Crippen LogP contribution in [0.1, 0.15) is 32.0 Å². The van der Waals surface area contributed by atoms with E-state index in [-0.39, 0.29) is 17.6 Å². The zero-order chi connectivity index (χ0) is 21.1. The summed E-state index contributed by atoms with van der Waals surface area (Å²) >= 11 is 0. The molecule has 4 rings (SSSR count). The lowest BCUT2D eigenvalue weighted by Crippen LogP contribution is -2.41. The molecular formula is C23H24FN5O. The lowest BCUT2D eigenvalue weighted by Gasteiger charge is -2.36. The number of hydrogen-bond acceptors (Lipinski definition) is 5. The number of amides is 1. The Bertz CT molecular complexity index is 1040. The molecule has 154 valence electrons. The predicted molar refractivity (Wildman–Crippen MR) is 114 cm³/mol. The van der Waals surface area contributed by atoms with Crippen molar-refractivity contribution in [3.05, 3.63) is 66.5 Å². The van der Waals surface area contributed by atoms with E-state index in [4.69, 9.17) is 9.97 Å². The fourth-order valence-electron chi connectivity index (χ4n) is 3.76. The topological polar surface area (TPSA) is 71.0 Å². The van der Waals surface area contributed by atoms with Crippen LogP contribution in [0.4, 0.5) is 15.9 Å². The van der Waals surface area contributed by atoms with Crippen LogP contribution in [-0.2, 0) is 4.79 Å². The van der Waals surface area contributed by atoms with Crippen molar-refractivity contribution in [1.29, 1.82) is 0 Å². The van der Waals surface area contributed by atoms with Gasteiger partial charge in [-0.1, -0.05) is 13.0 Å². The Morgan fingerprint density at radius 1 is 1.20 bits per heavy atom. The Morgan fingerprint density at radius 2 is 2.07 bits per heavy atom. The van der Waals surface area contributed by atoms with Crippen LogP contribution in [0.15, 0.2) is 54.9 Å². The molecule has 1 aromatic carbocycles. The number of benzene rings is 1. The zero-order valence-corrected chi connectivity index (χ0v) is 17.0. The molecule has 6 nitrogen and oxygen atoms in total. The molecule has 7 heteroatoms. The van der Waals surface area contributed by atoms with E-state index in [0.29, 0.717) is 29.8 Å². The van der Waals surface area contributed by atoms with Gasteiger partial charge >= 0.3 is 0 Å². The van der Waals surface area contributed by atoms with E-state index in [1.807, 2.05) is 23.1 Å². The van der Waals surface area contributed by atoms with E-state index in [1.165, 1.54) is 12.1 Å². The maximum Gasteiger partial charge on any atom is 0.219 e. The van der Waals surface area contributed by atoms with Crippen LogP contribution in [0.3, 0.4) is 0 Å². The van der Waals surface area contributed by atoms with E-state index in [1.54, 1.807) is 31.5 Å². The standard InChI is InChI=1S/C23H24FN5O/c1-15-8-10-29(16(2)30)14-20(15)23-27-21(17-5-4-9-25-13-17)12-22(28-23)26-19-7-3-6-18(24)11-19/h3-7,9,11-13,15,20H,8,10,14H2,1-2H3,(H,26,27,28). The summed E-state index contributed by atoms with van der Waals surface area (Å²) in [6.07, 6.45) is 4.37. The molecule has 0 radical (unpaired) electrons. The number of nitrogens with one attached hydrogen (secondary N) is 1. The maximum atomic E-state index is 13.6. The molecule has 2 unspecified atom stereocenters. The lowest BCUT2D eigenvalue weighted by molar-refractivity contribution is -0.130. The highest BCUT2D eigenvalue weighted by molar-refractivity contribution is 5.73. The average molecular weight is 405 g/mol. The molecule has 1 fully saturated rings. The second-order valence-electron chi connectivity index (χ2n) is 7.71. The van der Waals surface area contributed by atoms with Crippen LogP contribution in [0.25, 0.3) is 11.3 Å². The lowest BCUT2D eigenvalue weighted by atomic mass is 9.86. The molecule has 1 amide bonds. The van der Waals surface area contributed by atoms with Gasteiger partial charge in [0, 0.05) is 55.6 Å². The van der Waals surface area contributed by atoms with Gasteiger partial charge in [-0.05, 0) is 42.7 Å². The molecule has 0 aliphatic carbocycles. The number of carbonyl (C=O) groups is 1. The van der Waals surface area contributed by atoms with Gasteiger partial charge in [0.2, 0.25) is 5.91 Å². The third-order valence-corrected chi connectivity index (χ3v) is 5.53. The molecule has 1 aliphatic rings. The fraction of sp³-hybridized carbons (Fsp3) is 0.304. The van der Waals surface area contributed by atoms with Crippen LogP contribution >= 0.6 is 0 Å². The van der Waals surface area contributed by atoms with Crippen molar-refractivity contribution >= 4 is 17.4 Å². The summed E-state index contributed by atoms with van der Waals surface area (Å²) in [6, 6.07) is 11.9. The summed E-state index contributed by atoms with van der Waals surface area (Å²) in [6.45, 7) is 5.11. The Hall–Kier alpha value is -3.35. The highest BCUT2D eigenvalue weighted by Gasteiger charge is 2.31. The van der Waals surface area contributed by atoms with Crippen molar-refractivity contribution in [1.82, 2.24) is 19.9 Å². The van der Waals surface area contributed by atoms with Gasteiger partial charge in [-0.3, -0.25) is 9.78 Å². The minimum absolute atomic E-state index is 0.0207. The summed E-state index contributed by atoms with van der Waals surface area (Å²) < 4.78 is 13.6. The van der Waals surface area contributed by atoms with Gasteiger partial charge < -0.3 is 10.2 Å². The van der Waals surface area contributed by atoms with E-state index >= 15 is 0 Å². The molecule has 3 aromatic rings. The van der Waals surface area contributed by atoms with Crippen molar-refractivity contribution in [2.24, 2.45) is 5.92 Å². The van der Waals surface area contributed by atoms with Crippen molar-refractivity contribution in [3.8, 4) is 11.3 Å². The monoisotopic (exact) mass is 405 g/mol. The molecule has 1 saturated heterocycles. The largest absolute Gasteiger partial charge is 0.342 e. The second kappa shape index (κ2) is 8.57. The second-order valence-corrected chi connectivity index (χ2v) is 7.71. The Morgan fingerprint density at radius 3 is 2.80 bits per heavy atom. The number of carbonyl (C=O) groups excluding carboxylic acids is 1. The van der Waals surface area contributed by atoms with Gasteiger partial charge in [-0.15, -0.1) is 0 Å². The number of nitrogens with zero attached hydrogens (tertiary/aromatic N) is 4. The van der Waals surface area contributed by atoms with Crippen molar-refractivity contribution in [2.45, 2.75) is 26.2 Å². The van der Waals surface area contributed by atoms with Gasteiger partial charge in [0.1, 0.15) is 17.5 Å². The molecular weight excluding hydrogens is 381 g/mol. The first-order chi connectivity index (χ1) is 14.5. The number of halogens is 1. The van der Waals surface area contributed by atoms with Gasteiger partial charge in [0.05, 0.1) is 5.69 Å². The fourth-order valence-corrected chi connectivity index (χ4v) is 3.76. The Labute approximate surface area is 175 Å². The number of likely N-dealkylation sites (tertiary alicyclic amines) is 1. The van der Waals surface area contributed by atoms with Crippen LogP contribution in [0, 0.1) is 11.7 Å². The zero-order valence-electron chi connectivity index (χ0n) is 17.0. The number of rotatable bonds is 4. The normalized spacial score (nSPS) is 18.8. The van der Waals surface area contributed by atoms with E-state index < -0.39 is 0 Å². The quantitative estimate of drug-likeness (QED) is 0.697. The number of piperidine rings is 1. The van der Waals surface area contributed by atoms with Crippen LogP contribution in [0.2, 0.25) is 0 Å².